The van der Waals surface area contributed by atoms with E-state index in [9.17, 15) is 9.90 Å². The van der Waals surface area contributed by atoms with Gasteiger partial charge in [0, 0.05) is 18.6 Å². The second-order valence-corrected chi connectivity index (χ2v) is 6.25. The van der Waals surface area contributed by atoms with E-state index < -0.39 is 6.09 Å². The molecule has 3 aliphatic rings. The molecule has 5 heteroatoms. The Labute approximate surface area is 114 Å². The van der Waals surface area contributed by atoms with Gasteiger partial charge in [-0.25, -0.2) is 4.79 Å². The molecular weight excluding hydrogens is 242 g/mol. The lowest BCUT2D eigenvalue weighted by Gasteiger charge is -2.43. The molecule has 2 aliphatic heterocycles. The van der Waals surface area contributed by atoms with E-state index in [0.29, 0.717) is 17.9 Å². The van der Waals surface area contributed by atoms with Crippen LogP contribution in [0.5, 0.6) is 0 Å². The maximum atomic E-state index is 11.6. The molecular formula is C14H25N3O2. The van der Waals surface area contributed by atoms with E-state index >= 15 is 0 Å². The Morgan fingerprint density at radius 3 is 2.47 bits per heavy atom. The summed E-state index contributed by atoms with van der Waals surface area (Å²) in [5, 5.41) is 16.5. The maximum Gasteiger partial charge on any atom is 0.407 e. The smallest absolute Gasteiger partial charge is 0.407 e. The lowest BCUT2D eigenvalue weighted by atomic mass is 9.78. The average molecular weight is 267 g/mol. The molecule has 0 aromatic heterocycles. The fourth-order valence-corrected chi connectivity index (χ4v) is 3.86. The Bertz CT molecular complexity index is 327. The highest BCUT2D eigenvalue weighted by molar-refractivity contribution is 5.66. The summed E-state index contributed by atoms with van der Waals surface area (Å²) in [6.07, 6.45) is 4.86. The number of hydrogen-bond acceptors (Lipinski definition) is 3. The number of nitrogens with zero attached hydrogens (tertiary/aromatic N) is 1. The molecule has 19 heavy (non-hydrogen) atoms. The largest absolute Gasteiger partial charge is 0.465 e. The predicted molar refractivity (Wildman–Crippen MR) is 73.2 cm³/mol. The summed E-state index contributed by atoms with van der Waals surface area (Å²) in [5.74, 6) is 1.12. The van der Waals surface area contributed by atoms with E-state index in [-0.39, 0.29) is 6.04 Å². The van der Waals surface area contributed by atoms with E-state index in [1.54, 1.807) is 4.90 Å². The third-order valence-corrected chi connectivity index (χ3v) is 4.95. The van der Waals surface area contributed by atoms with Crippen molar-refractivity contribution in [2.24, 2.45) is 11.8 Å². The average Bonchev–Trinajstić information content (AvgIpc) is 3.25. The van der Waals surface area contributed by atoms with Crippen LogP contribution in [0.25, 0.3) is 0 Å². The van der Waals surface area contributed by atoms with Gasteiger partial charge in [-0.1, -0.05) is 0 Å². The Hall–Kier alpha value is -0.810. The van der Waals surface area contributed by atoms with E-state index in [0.717, 1.165) is 45.4 Å². The second kappa shape index (κ2) is 5.67. The predicted octanol–water partition coefficient (Wildman–Crippen LogP) is 1.11. The number of amides is 1. The van der Waals surface area contributed by atoms with Gasteiger partial charge in [0.15, 0.2) is 0 Å². The molecule has 3 fully saturated rings. The van der Waals surface area contributed by atoms with Crippen LogP contribution in [0.15, 0.2) is 0 Å². The molecule has 0 spiro atoms. The molecule has 1 saturated carbocycles. The highest BCUT2D eigenvalue weighted by Gasteiger charge is 2.43. The molecule has 0 radical (unpaired) electrons. The summed E-state index contributed by atoms with van der Waals surface area (Å²) in [6.45, 7) is 4.11. The van der Waals surface area contributed by atoms with Gasteiger partial charge in [-0.2, -0.15) is 0 Å². The summed E-state index contributed by atoms with van der Waals surface area (Å²) in [7, 11) is 0. The molecule has 2 saturated heterocycles. The topological polar surface area (TPSA) is 64.6 Å². The van der Waals surface area contributed by atoms with E-state index in [1.807, 2.05) is 0 Å². The number of rotatable bonds is 3. The van der Waals surface area contributed by atoms with E-state index in [4.69, 9.17) is 0 Å². The summed E-state index contributed by atoms with van der Waals surface area (Å²) in [4.78, 5) is 13.4. The Balaban J connectivity index is 1.73. The highest BCUT2D eigenvalue weighted by atomic mass is 16.4. The first-order valence-electron chi connectivity index (χ1n) is 7.70. The van der Waals surface area contributed by atoms with Crippen LogP contribution in [0.3, 0.4) is 0 Å². The SMILES string of the molecule is O=C(O)N(C1CC1)C1CCNCC1C1CCCNC1. The zero-order valence-electron chi connectivity index (χ0n) is 11.5. The summed E-state index contributed by atoms with van der Waals surface area (Å²) in [6, 6.07) is 0.538. The minimum atomic E-state index is -0.705. The van der Waals surface area contributed by atoms with Gasteiger partial charge in [-0.15, -0.1) is 0 Å². The Morgan fingerprint density at radius 1 is 1.05 bits per heavy atom. The Morgan fingerprint density at radius 2 is 1.84 bits per heavy atom. The molecule has 0 aromatic rings. The van der Waals surface area contributed by atoms with Crippen molar-refractivity contribution in [1.29, 1.82) is 0 Å². The number of piperidine rings is 2. The van der Waals surface area contributed by atoms with Gasteiger partial charge in [0.1, 0.15) is 0 Å². The molecule has 0 aromatic carbocycles. The lowest BCUT2D eigenvalue weighted by Crippen LogP contribution is -2.56. The summed E-state index contributed by atoms with van der Waals surface area (Å²) >= 11 is 0. The van der Waals surface area contributed by atoms with Crippen molar-refractivity contribution in [1.82, 2.24) is 15.5 Å². The van der Waals surface area contributed by atoms with Crippen molar-refractivity contribution in [3.05, 3.63) is 0 Å². The van der Waals surface area contributed by atoms with Gasteiger partial charge in [-0.3, -0.25) is 0 Å². The number of hydrogen-bond donors (Lipinski definition) is 3. The molecule has 3 N–H and O–H groups in total. The minimum absolute atomic E-state index is 0.233. The van der Waals surface area contributed by atoms with Crippen LogP contribution in [0.2, 0.25) is 0 Å². The van der Waals surface area contributed by atoms with Crippen LogP contribution in [0.4, 0.5) is 4.79 Å². The van der Waals surface area contributed by atoms with Crippen LogP contribution in [-0.4, -0.2) is 54.4 Å². The normalized spacial score (nSPS) is 35.9. The fraction of sp³-hybridized carbons (Fsp3) is 0.929. The van der Waals surface area contributed by atoms with Gasteiger partial charge < -0.3 is 20.6 Å². The summed E-state index contributed by atoms with van der Waals surface area (Å²) in [5.41, 5.74) is 0. The standard InChI is InChI=1S/C14H25N3O2/c18-14(19)17(11-3-4-11)13-5-7-16-9-12(13)10-2-1-6-15-8-10/h10-13,15-16H,1-9H2,(H,18,19). The molecule has 0 bridgehead atoms. The Kier molecular flexibility index (Phi) is 3.93. The number of nitrogens with one attached hydrogen (secondary N) is 2. The first-order chi connectivity index (χ1) is 9.27. The van der Waals surface area contributed by atoms with Gasteiger partial charge in [0.2, 0.25) is 0 Å². The van der Waals surface area contributed by atoms with Gasteiger partial charge in [0.05, 0.1) is 0 Å². The van der Waals surface area contributed by atoms with E-state index in [2.05, 4.69) is 10.6 Å². The van der Waals surface area contributed by atoms with Crippen molar-refractivity contribution in [3.8, 4) is 0 Å². The third-order valence-electron chi connectivity index (χ3n) is 4.95. The van der Waals surface area contributed by atoms with Gasteiger partial charge in [-0.05, 0) is 63.6 Å². The van der Waals surface area contributed by atoms with Crippen LogP contribution in [0, 0.1) is 11.8 Å². The highest BCUT2D eigenvalue weighted by Crippen LogP contribution is 2.36. The maximum absolute atomic E-state index is 11.6. The number of carboxylic acid groups (broad SMARTS) is 1. The van der Waals surface area contributed by atoms with Crippen molar-refractivity contribution < 1.29 is 9.90 Å². The van der Waals surface area contributed by atoms with Crippen molar-refractivity contribution in [2.75, 3.05) is 26.2 Å². The van der Waals surface area contributed by atoms with Crippen molar-refractivity contribution >= 4 is 6.09 Å². The first kappa shape index (κ1) is 13.2. The molecule has 3 atom stereocenters. The minimum Gasteiger partial charge on any atom is -0.465 e. The third kappa shape index (κ3) is 2.87. The molecule has 1 aliphatic carbocycles. The van der Waals surface area contributed by atoms with Crippen molar-refractivity contribution in [2.45, 2.75) is 44.2 Å². The van der Waals surface area contributed by atoms with E-state index in [1.165, 1.54) is 12.8 Å². The zero-order valence-corrected chi connectivity index (χ0v) is 11.5. The fourth-order valence-electron chi connectivity index (χ4n) is 3.86. The molecule has 5 nitrogen and oxygen atoms in total. The number of carbonyl (C=O) groups is 1. The quantitative estimate of drug-likeness (QED) is 0.716. The lowest BCUT2D eigenvalue weighted by molar-refractivity contribution is 0.0601. The van der Waals surface area contributed by atoms with Crippen molar-refractivity contribution in [3.63, 3.8) is 0 Å². The van der Waals surface area contributed by atoms with Crippen LogP contribution in [0.1, 0.15) is 32.1 Å². The summed E-state index contributed by atoms with van der Waals surface area (Å²) < 4.78 is 0. The van der Waals surface area contributed by atoms with Crippen LogP contribution >= 0.6 is 0 Å². The molecule has 3 rings (SSSR count). The molecule has 2 heterocycles. The van der Waals surface area contributed by atoms with Gasteiger partial charge >= 0.3 is 6.09 Å². The molecule has 108 valence electrons. The van der Waals surface area contributed by atoms with Crippen LogP contribution < -0.4 is 10.6 Å². The monoisotopic (exact) mass is 267 g/mol. The first-order valence-corrected chi connectivity index (χ1v) is 7.70. The zero-order chi connectivity index (χ0) is 13.2. The molecule has 1 amide bonds. The van der Waals surface area contributed by atoms with Gasteiger partial charge in [0.25, 0.3) is 0 Å². The molecule has 3 unspecified atom stereocenters. The second-order valence-electron chi connectivity index (χ2n) is 6.25. The van der Waals surface area contributed by atoms with Crippen LogP contribution in [-0.2, 0) is 0 Å².